The Morgan fingerprint density at radius 1 is 1.21 bits per heavy atom. The maximum absolute atomic E-state index is 11.8. The van der Waals surface area contributed by atoms with E-state index in [0.29, 0.717) is 0 Å². The lowest BCUT2D eigenvalue weighted by atomic mass is 10.2. The van der Waals surface area contributed by atoms with Gasteiger partial charge in [0.2, 0.25) is 0 Å². The molecule has 0 radical (unpaired) electrons. The molecule has 1 nitrogen and oxygen atoms in total. The third kappa shape index (κ3) is 3.46. The van der Waals surface area contributed by atoms with Crippen LogP contribution >= 0.6 is 11.6 Å². The van der Waals surface area contributed by atoms with Gasteiger partial charge in [-0.1, -0.05) is 12.1 Å². The number of benzene rings is 1. The molecule has 5 heteroatoms. The molecule has 0 fully saturated rings. The summed E-state index contributed by atoms with van der Waals surface area (Å²) in [6, 6.07) is 5.47. The van der Waals surface area contributed by atoms with E-state index in [1.807, 2.05) is 0 Å². The molecule has 1 aromatic rings. The van der Waals surface area contributed by atoms with Gasteiger partial charge in [-0.05, 0) is 24.6 Å². The van der Waals surface area contributed by atoms with Gasteiger partial charge < -0.3 is 4.74 Å². The molecule has 78 valence electrons. The predicted octanol–water partition coefficient (Wildman–Crippen LogP) is 3.89. The van der Waals surface area contributed by atoms with Crippen molar-refractivity contribution in [3.05, 3.63) is 29.8 Å². The Balaban J connectivity index is 2.74. The first-order valence-corrected chi connectivity index (χ1v) is 4.32. The van der Waals surface area contributed by atoms with Crippen LogP contribution in [0.2, 0.25) is 0 Å². The summed E-state index contributed by atoms with van der Waals surface area (Å²) < 4.78 is 38.9. The average molecular weight is 225 g/mol. The number of hydrogen-bond donors (Lipinski definition) is 0. The first kappa shape index (κ1) is 11.2. The van der Waals surface area contributed by atoms with E-state index in [-0.39, 0.29) is 11.1 Å². The minimum Gasteiger partial charge on any atom is -0.406 e. The summed E-state index contributed by atoms with van der Waals surface area (Å²) in [5.74, 6) is -0.237. The van der Waals surface area contributed by atoms with Crippen molar-refractivity contribution in [3.8, 4) is 5.75 Å². The molecule has 0 unspecified atom stereocenters. The maximum atomic E-state index is 11.8. The van der Waals surface area contributed by atoms with E-state index in [1.165, 1.54) is 24.3 Å². The third-order valence-corrected chi connectivity index (χ3v) is 1.82. The van der Waals surface area contributed by atoms with Crippen molar-refractivity contribution in [2.24, 2.45) is 0 Å². The largest absolute Gasteiger partial charge is 0.573 e. The van der Waals surface area contributed by atoms with Gasteiger partial charge in [0.1, 0.15) is 5.75 Å². The molecule has 0 saturated heterocycles. The highest BCUT2D eigenvalue weighted by Gasteiger charge is 2.30. The summed E-state index contributed by atoms with van der Waals surface area (Å²) in [4.78, 5) is 0. The summed E-state index contributed by atoms with van der Waals surface area (Å²) >= 11 is 5.73. The van der Waals surface area contributed by atoms with E-state index in [1.54, 1.807) is 6.92 Å². The highest BCUT2D eigenvalue weighted by molar-refractivity contribution is 6.20. The molecule has 1 atom stereocenters. The molecule has 0 bridgehead atoms. The summed E-state index contributed by atoms with van der Waals surface area (Å²) in [7, 11) is 0. The van der Waals surface area contributed by atoms with Crippen LogP contribution in [0.4, 0.5) is 13.2 Å². The second kappa shape index (κ2) is 4.09. The highest BCUT2D eigenvalue weighted by atomic mass is 35.5. The van der Waals surface area contributed by atoms with Crippen LogP contribution in [0.5, 0.6) is 5.75 Å². The first-order valence-electron chi connectivity index (χ1n) is 3.88. The zero-order valence-electron chi connectivity index (χ0n) is 7.31. The molecule has 0 aromatic heterocycles. The lowest BCUT2D eigenvalue weighted by Crippen LogP contribution is -2.17. The number of alkyl halides is 4. The van der Waals surface area contributed by atoms with E-state index < -0.39 is 6.36 Å². The van der Waals surface area contributed by atoms with Gasteiger partial charge in [0.15, 0.2) is 0 Å². The van der Waals surface area contributed by atoms with E-state index in [0.717, 1.165) is 5.56 Å². The summed E-state index contributed by atoms with van der Waals surface area (Å²) in [6.07, 6.45) is -4.64. The van der Waals surface area contributed by atoms with Gasteiger partial charge in [0.25, 0.3) is 0 Å². The Labute approximate surface area is 84.4 Å². The zero-order chi connectivity index (χ0) is 10.8. The molecule has 0 saturated carbocycles. The molecule has 0 heterocycles. The van der Waals surface area contributed by atoms with Gasteiger partial charge in [-0.15, -0.1) is 24.8 Å². The van der Waals surface area contributed by atoms with Gasteiger partial charge in [-0.2, -0.15) is 0 Å². The van der Waals surface area contributed by atoms with E-state index in [2.05, 4.69) is 4.74 Å². The second-order valence-corrected chi connectivity index (χ2v) is 3.39. The fourth-order valence-corrected chi connectivity index (χ4v) is 1.08. The monoisotopic (exact) mass is 224 g/mol. The topological polar surface area (TPSA) is 9.23 Å². The van der Waals surface area contributed by atoms with Gasteiger partial charge in [0, 0.05) is 0 Å². The Morgan fingerprint density at radius 2 is 1.71 bits per heavy atom. The maximum Gasteiger partial charge on any atom is 0.573 e. The standard InChI is InChI=1S/C9H8ClF3O/c1-6(10)7-2-4-8(5-3-7)14-9(11,12)13/h2-6H,1H3/t6-/m0/s1. The molecule has 0 aliphatic rings. The van der Waals surface area contributed by atoms with Crippen molar-refractivity contribution in [1.82, 2.24) is 0 Å². The fourth-order valence-electron chi connectivity index (χ4n) is 0.935. The Hall–Kier alpha value is -0.900. The van der Waals surface area contributed by atoms with Crippen LogP contribution in [0.1, 0.15) is 17.9 Å². The molecule has 0 spiro atoms. The van der Waals surface area contributed by atoms with Crippen molar-refractivity contribution >= 4 is 11.6 Å². The number of halogens is 4. The van der Waals surface area contributed by atoms with Crippen LogP contribution in [0.3, 0.4) is 0 Å². The quantitative estimate of drug-likeness (QED) is 0.693. The Morgan fingerprint density at radius 3 is 2.07 bits per heavy atom. The number of ether oxygens (including phenoxy) is 1. The molecule has 14 heavy (non-hydrogen) atoms. The highest BCUT2D eigenvalue weighted by Crippen LogP contribution is 2.25. The van der Waals surface area contributed by atoms with Crippen molar-refractivity contribution in [3.63, 3.8) is 0 Å². The number of rotatable bonds is 2. The van der Waals surface area contributed by atoms with Crippen LogP contribution in [0, 0.1) is 0 Å². The average Bonchev–Trinajstić information content (AvgIpc) is 2.02. The first-order chi connectivity index (χ1) is 6.38. The van der Waals surface area contributed by atoms with Crippen LogP contribution in [-0.2, 0) is 0 Å². The normalized spacial score (nSPS) is 13.8. The van der Waals surface area contributed by atoms with Gasteiger partial charge in [-0.25, -0.2) is 0 Å². The smallest absolute Gasteiger partial charge is 0.406 e. The van der Waals surface area contributed by atoms with Crippen molar-refractivity contribution < 1.29 is 17.9 Å². The molecular weight excluding hydrogens is 217 g/mol. The van der Waals surface area contributed by atoms with E-state index in [9.17, 15) is 13.2 Å². The molecule has 0 aliphatic heterocycles. The van der Waals surface area contributed by atoms with Crippen LogP contribution in [0.15, 0.2) is 24.3 Å². The summed E-state index contributed by atoms with van der Waals surface area (Å²) in [5.41, 5.74) is 0.751. The lowest BCUT2D eigenvalue weighted by molar-refractivity contribution is -0.274. The van der Waals surface area contributed by atoms with Gasteiger partial charge in [-0.3, -0.25) is 0 Å². The van der Waals surface area contributed by atoms with E-state index >= 15 is 0 Å². The molecule has 1 rings (SSSR count). The summed E-state index contributed by atoms with van der Waals surface area (Å²) in [5, 5.41) is -0.227. The second-order valence-electron chi connectivity index (χ2n) is 2.73. The fraction of sp³-hybridized carbons (Fsp3) is 0.333. The minimum atomic E-state index is -4.64. The third-order valence-electron chi connectivity index (χ3n) is 1.57. The zero-order valence-corrected chi connectivity index (χ0v) is 8.06. The van der Waals surface area contributed by atoms with Gasteiger partial charge >= 0.3 is 6.36 Å². The van der Waals surface area contributed by atoms with Crippen molar-refractivity contribution in [1.29, 1.82) is 0 Å². The predicted molar refractivity (Wildman–Crippen MR) is 47.4 cm³/mol. The Bertz CT molecular complexity index is 292. The van der Waals surface area contributed by atoms with E-state index in [4.69, 9.17) is 11.6 Å². The van der Waals surface area contributed by atoms with Crippen LogP contribution in [0.25, 0.3) is 0 Å². The molecular formula is C9H8ClF3O. The SMILES string of the molecule is C[C@H](Cl)c1ccc(OC(F)(F)F)cc1. The minimum absolute atomic E-state index is 0.227. The summed E-state index contributed by atoms with van der Waals surface area (Å²) in [6.45, 7) is 1.74. The molecule has 0 N–H and O–H groups in total. The van der Waals surface area contributed by atoms with Gasteiger partial charge in [0.05, 0.1) is 5.38 Å². The molecule has 1 aromatic carbocycles. The van der Waals surface area contributed by atoms with Crippen molar-refractivity contribution in [2.45, 2.75) is 18.7 Å². The van der Waals surface area contributed by atoms with Crippen LogP contribution < -0.4 is 4.74 Å². The van der Waals surface area contributed by atoms with Crippen LogP contribution in [-0.4, -0.2) is 6.36 Å². The molecule has 0 aliphatic carbocycles. The Kier molecular flexibility index (Phi) is 3.26. The number of hydrogen-bond acceptors (Lipinski definition) is 1. The molecule has 0 amide bonds. The lowest BCUT2D eigenvalue weighted by Gasteiger charge is -2.09. The van der Waals surface area contributed by atoms with Crippen molar-refractivity contribution in [2.75, 3.05) is 0 Å².